The number of aromatic nitrogens is 5. The molecule has 0 amide bonds. The van der Waals surface area contributed by atoms with E-state index in [1.807, 2.05) is 25.7 Å². The molecule has 43 heavy (non-hydrogen) atoms. The van der Waals surface area contributed by atoms with Crippen molar-refractivity contribution >= 4 is 11.6 Å². The maximum absolute atomic E-state index is 13.8. The van der Waals surface area contributed by atoms with Crippen LogP contribution in [0.3, 0.4) is 0 Å². The number of fused-ring (bicyclic) bond motifs is 1. The number of hydrogen-bond acceptors (Lipinski definition) is 6. The van der Waals surface area contributed by atoms with Crippen LogP contribution >= 0.6 is 0 Å². The van der Waals surface area contributed by atoms with Gasteiger partial charge in [-0.05, 0) is 66.3 Å². The Morgan fingerprint density at radius 1 is 0.930 bits per heavy atom. The molecule has 0 fully saturated rings. The maximum Gasteiger partial charge on any atom is 0.433 e. The number of tetrazole rings is 1. The lowest BCUT2D eigenvalue weighted by Crippen LogP contribution is -2.46. The van der Waals surface area contributed by atoms with Gasteiger partial charge in [0.2, 0.25) is 0 Å². The summed E-state index contributed by atoms with van der Waals surface area (Å²) in [6.07, 6.45) is -13.5. The Labute approximate surface area is 241 Å². The lowest BCUT2D eigenvalue weighted by molar-refractivity contribution is -0.143. The smallest absolute Gasteiger partial charge is 0.367 e. The van der Waals surface area contributed by atoms with Crippen LogP contribution < -0.4 is 9.80 Å². The monoisotopic (exact) mass is 623 g/mol. The molecule has 0 N–H and O–H groups in total. The van der Waals surface area contributed by atoms with Gasteiger partial charge in [0.1, 0.15) is 5.69 Å². The molecule has 0 radical (unpaired) electrons. The second-order valence-corrected chi connectivity index (χ2v) is 10.9. The van der Waals surface area contributed by atoms with Crippen LogP contribution in [0.4, 0.5) is 51.1 Å². The summed E-state index contributed by atoms with van der Waals surface area (Å²) in [7, 11) is 1.40. The van der Waals surface area contributed by atoms with Crippen molar-refractivity contribution in [3.63, 3.8) is 0 Å². The molecule has 16 heteroatoms. The largest absolute Gasteiger partial charge is 0.433 e. The molecule has 2 aromatic heterocycles. The fraction of sp³-hybridized carbons (Fsp3) is 0.556. The predicted octanol–water partition coefficient (Wildman–Crippen LogP) is 7.44. The van der Waals surface area contributed by atoms with Crippen LogP contribution in [0, 0.1) is 5.92 Å². The van der Waals surface area contributed by atoms with Crippen LogP contribution in [0.15, 0.2) is 30.3 Å². The molecule has 3 heterocycles. The van der Waals surface area contributed by atoms with E-state index in [1.54, 1.807) is 0 Å². The third-order valence-electron chi connectivity index (χ3n) is 7.30. The van der Waals surface area contributed by atoms with E-state index in [0.29, 0.717) is 30.8 Å². The summed E-state index contributed by atoms with van der Waals surface area (Å²) in [5, 5.41) is 11.8. The summed E-state index contributed by atoms with van der Waals surface area (Å²) < 4.78 is 123. The molecule has 0 bridgehead atoms. The molecule has 4 rings (SSSR count). The van der Waals surface area contributed by atoms with Crippen molar-refractivity contribution < 1.29 is 39.5 Å². The normalized spacial score (nSPS) is 17.9. The SMILES string of the molecule is CC[C@@H]1C[C@H](N(Cc2cc(C(F)(F)F)cc(C(F)(F)F)c2)c2nnn(C)n2)c2nc(C(F)(F)F)ccc2N1CCC(C)C. The number of hydrogen-bond donors (Lipinski definition) is 0. The van der Waals surface area contributed by atoms with Crippen molar-refractivity contribution in [1.82, 2.24) is 25.2 Å². The second-order valence-electron chi connectivity index (χ2n) is 10.9. The molecule has 1 aromatic carbocycles. The molecule has 0 unspecified atom stereocenters. The van der Waals surface area contributed by atoms with Gasteiger partial charge in [-0.1, -0.05) is 25.9 Å². The Morgan fingerprint density at radius 3 is 2.05 bits per heavy atom. The standard InChI is InChI=1S/C27H30F9N7/c1-5-19-13-21(23-20(42(19)9-8-15(2)3)6-7-22(37-23)27(34,35)36)43(24-38-40-41(4)39-24)14-16-10-17(25(28,29)30)12-18(11-16)26(31,32)33/h6-7,10-12,15,19,21H,5,8-9,13-14H2,1-4H3/t19-,21+/m1/s1. The van der Waals surface area contributed by atoms with Crippen LogP contribution in [0.5, 0.6) is 0 Å². The fourth-order valence-corrected chi connectivity index (χ4v) is 5.19. The van der Waals surface area contributed by atoms with Crippen LogP contribution in [-0.4, -0.2) is 37.8 Å². The fourth-order valence-electron chi connectivity index (χ4n) is 5.19. The highest BCUT2D eigenvalue weighted by atomic mass is 19.4. The third kappa shape index (κ3) is 7.32. The summed E-state index contributed by atoms with van der Waals surface area (Å²) in [5.74, 6) is 0.0965. The first-order chi connectivity index (χ1) is 19.9. The molecule has 2 atom stereocenters. The van der Waals surface area contributed by atoms with Gasteiger partial charge in [-0.2, -0.15) is 44.3 Å². The molecule has 236 valence electrons. The van der Waals surface area contributed by atoms with Gasteiger partial charge in [-0.15, -0.1) is 5.10 Å². The zero-order valence-corrected chi connectivity index (χ0v) is 23.7. The molecule has 3 aromatic rings. The van der Waals surface area contributed by atoms with Gasteiger partial charge in [-0.25, -0.2) is 4.98 Å². The van der Waals surface area contributed by atoms with Gasteiger partial charge in [0.05, 0.1) is 35.6 Å². The molecule has 0 saturated carbocycles. The minimum Gasteiger partial charge on any atom is -0.367 e. The molecule has 0 spiro atoms. The summed E-state index contributed by atoms with van der Waals surface area (Å²) in [4.78, 5) is 8.24. The van der Waals surface area contributed by atoms with Crippen molar-refractivity contribution in [3.8, 4) is 0 Å². The van der Waals surface area contributed by atoms with Crippen LogP contribution in [0.2, 0.25) is 0 Å². The van der Waals surface area contributed by atoms with Gasteiger partial charge >= 0.3 is 18.5 Å². The van der Waals surface area contributed by atoms with E-state index in [1.165, 1.54) is 18.0 Å². The van der Waals surface area contributed by atoms with Crippen LogP contribution in [0.25, 0.3) is 0 Å². The predicted molar refractivity (Wildman–Crippen MR) is 139 cm³/mol. The Hall–Kier alpha value is -3.59. The summed E-state index contributed by atoms with van der Waals surface area (Å²) in [5.41, 5.74) is -4.24. The average molecular weight is 624 g/mol. The van der Waals surface area contributed by atoms with Gasteiger partial charge < -0.3 is 9.80 Å². The average Bonchev–Trinajstić information content (AvgIpc) is 3.34. The Balaban J connectivity index is 1.90. The lowest BCUT2D eigenvalue weighted by atomic mass is 9.90. The number of nitrogens with zero attached hydrogens (tertiary/aromatic N) is 7. The van der Waals surface area contributed by atoms with Crippen molar-refractivity contribution in [2.75, 3.05) is 16.3 Å². The minimum atomic E-state index is -5.09. The zero-order valence-electron chi connectivity index (χ0n) is 23.7. The van der Waals surface area contributed by atoms with E-state index in [0.717, 1.165) is 17.3 Å². The number of alkyl halides is 9. The quantitative estimate of drug-likeness (QED) is 0.243. The van der Waals surface area contributed by atoms with Crippen LogP contribution in [0.1, 0.15) is 74.2 Å². The molecule has 7 nitrogen and oxygen atoms in total. The molecule has 0 aliphatic carbocycles. The number of rotatable bonds is 8. The number of halogens is 9. The van der Waals surface area contributed by atoms with Gasteiger partial charge in [-0.3, -0.25) is 0 Å². The van der Waals surface area contributed by atoms with Crippen molar-refractivity contribution in [3.05, 3.63) is 58.4 Å². The van der Waals surface area contributed by atoms with Gasteiger partial charge in [0.15, 0.2) is 0 Å². The highest BCUT2D eigenvalue weighted by molar-refractivity contribution is 5.58. The van der Waals surface area contributed by atoms with E-state index in [9.17, 15) is 39.5 Å². The summed E-state index contributed by atoms with van der Waals surface area (Å²) in [6.45, 7) is 5.81. The van der Waals surface area contributed by atoms with E-state index in [2.05, 4.69) is 20.4 Å². The zero-order chi connectivity index (χ0) is 31.9. The Bertz CT molecular complexity index is 1380. The third-order valence-corrected chi connectivity index (χ3v) is 7.30. The number of aryl methyl sites for hydroxylation is 1. The van der Waals surface area contributed by atoms with Gasteiger partial charge in [0, 0.05) is 19.1 Å². The summed E-state index contributed by atoms with van der Waals surface area (Å²) in [6, 6.07) is 2.08. The maximum atomic E-state index is 13.8. The van der Waals surface area contributed by atoms with Crippen molar-refractivity contribution in [2.45, 2.75) is 77.2 Å². The van der Waals surface area contributed by atoms with Gasteiger partial charge in [0.25, 0.3) is 5.95 Å². The minimum absolute atomic E-state index is 0.0151. The van der Waals surface area contributed by atoms with Crippen molar-refractivity contribution in [1.29, 1.82) is 0 Å². The summed E-state index contributed by atoms with van der Waals surface area (Å²) >= 11 is 0. The molecule has 1 aliphatic heterocycles. The lowest BCUT2D eigenvalue weighted by Gasteiger charge is -2.45. The first kappa shape index (κ1) is 32.3. The first-order valence-electron chi connectivity index (χ1n) is 13.5. The molecular weight excluding hydrogens is 593 g/mol. The number of benzene rings is 1. The van der Waals surface area contributed by atoms with E-state index < -0.39 is 53.5 Å². The highest BCUT2D eigenvalue weighted by Gasteiger charge is 2.42. The highest BCUT2D eigenvalue weighted by Crippen LogP contribution is 2.44. The van der Waals surface area contributed by atoms with Crippen molar-refractivity contribution in [2.24, 2.45) is 13.0 Å². The van der Waals surface area contributed by atoms with Crippen LogP contribution in [-0.2, 0) is 32.1 Å². The van der Waals surface area contributed by atoms with E-state index in [4.69, 9.17) is 0 Å². The van der Waals surface area contributed by atoms with E-state index in [-0.39, 0.29) is 36.1 Å². The topological polar surface area (TPSA) is 63.0 Å². The molecule has 0 saturated heterocycles. The molecular formula is C27H30F9N7. The Kier molecular flexibility index (Phi) is 8.89. The Morgan fingerprint density at radius 2 is 1.56 bits per heavy atom. The number of anilines is 2. The van der Waals surface area contributed by atoms with E-state index >= 15 is 0 Å². The first-order valence-corrected chi connectivity index (χ1v) is 13.5. The molecule has 1 aliphatic rings. The number of pyridine rings is 1. The second kappa shape index (κ2) is 11.8.